The van der Waals surface area contributed by atoms with E-state index in [0.29, 0.717) is 17.2 Å². The summed E-state index contributed by atoms with van der Waals surface area (Å²) in [6, 6.07) is 1.70. The van der Waals surface area contributed by atoms with Crippen LogP contribution in [0.2, 0.25) is 0 Å². The minimum Gasteiger partial charge on any atom is -0.456 e. The molecule has 0 atom stereocenters. The molecule has 2 rings (SSSR count). The summed E-state index contributed by atoms with van der Waals surface area (Å²) in [5.74, 6) is 0.0572. The van der Waals surface area contributed by atoms with Crippen molar-refractivity contribution >= 4 is 11.7 Å². The van der Waals surface area contributed by atoms with Crippen LogP contribution in [0, 0.1) is 13.8 Å². The van der Waals surface area contributed by atoms with E-state index >= 15 is 0 Å². The lowest BCUT2D eigenvalue weighted by Gasteiger charge is -2.05. The van der Waals surface area contributed by atoms with Gasteiger partial charge >= 0.3 is 5.97 Å². The first-order valence-corrected chi connectivity index (χ1v) is 5.79. The van der Waals surface area contributed by atoms with Crippen molar-refractivity contribution in [2.75, 3.05) is 5.73 Å². The predicted molar refractivity (Wildman–Crippen MR) is 67.9 cm³/mol. The first-order valence-electron chi connectivity index (χ1n) is 5.79. The Hall–Kier alpha value is -2.44. The molecule has 2 heterocycles. The lowest BCUT2D eigenvalue weighted by atomic mass is 10.3. The third kappa shape index (κ3) is 3.06. The standard InChI is InChI=1S/C12H15N5O2/c1-8-12(13)9(2)17(16-8)6-11(18)19-7-10-14-4-3-5-15-10/h3-5H,6-7,13H2,1-2H3. The molecule has 0 saturated carbocycles. The smallest absolute Gasteiger partial charge is 0.328 e. The number of hydrogen-bond acceptors (Lipinski definition) is 6. The van der Waals surface area contributed by atoms with Crippen molar-refractivity contribution in [3.8, 4) is 0 Å². The van der Waals surface area contributed by atoms with Crippen LogP contribution in [0.15, 0.2) is 18.5 Å². The van der Waals surface area contributed by atoms with Crippen molar-refractivity contribution in [1.29, 1.82) is 0 Å². The van der Waals surface area contributed by atoms with Crippen LogP contribution in [0.5, 0.6) is 0 Å². The summed E-state index contributed by atoms with van der Waals surface area (Å²) in [4.78, 5) is 19.6. The number of esters is 1. The van der Waals surface area contributed by atoms with Gasteiger partial charge in [-0.1, -0.05) is 0 Å². The predicted octanol–water partition coefficient (Wildman–Crippen LogP) is 0.616. The van der Waals surface area contributed by atoms with Crippen LogP contribution in [-0.4, -0.2) is 25.7 Å². The highest BCUT2D eigenvalue weighted by Gasteiger charge is 2.12. The highest BCUT2D eigenvalue weighted by atomic mass is 16.5. The molecule has 0 aromatic carbocycles. The van der Waals surface area contributed by atoms with Gasteiger partial charge in [0, 0.05) is 12.4 Å². The number of hydrogen-bond donors (Lipinski definition) is 1. The molecule has 100 valence electrons. The van der Waals surface area contributed by atoms with Gasteiger partial charge in [0.25, 0.3) is 0 Å². The summed E-state index contributed by atoms with van der Waals surface area (Å²) in [5.41, 5.74) is 7.84. The molecule has 0 amide bonds. The molecule has 0 fully saturated rings. The SMILES string of the molecule is Cc1nn(CC(=O)OCc2ncccn2)c(C)c1N. The molecule has 2 aromatic heterocycles. The van der Waals surface area contributed by atoms with Gasteiger partial charge in [-0.15, -0.1) is 0 Å². The Bertz CT molecular complexity index is 579. The van der Waals surface area contributed by atoms with E-state index in [1.54, 1.807) is 25.4 Å². The molecule has 0 aliphatic heterocycles. The third-order valence-electron chi connectivity index (χ3n) is 2.70. The van der Waals surface area contributed by atoms with Gasteiger partial charge in [0.2, 0.25) is 0 Å². The Morgan fingerprint density at radius 1 is 1.37 bits per heavy atom. The van der Waals surface area contributed by atoms with Gasteiger partial charge in [-0.3, -0.25) is 9.48 Å². The summed E-state index contributed by atoms with van der Waals surface area (Å²) in [5, 5.41) is 4.16. The maximum absolute atomic E-state index is 11.7. The van der Waals surface area contributed by atoms with Gasteiger partial charge in [0.1, 0.15) is 6.54 Å². The van der Waals surface area contributed by atoms with E-state index in [9.17, 15) is 4.79 Å². The zero-order chi connectivity index (χ0) is 13.8. The summed E-state index contributed by atoms with van der Waals surface area (Å²) < 4.78 is 6.60. The van der Waals surface area contributed by atoms with Crippen LogP contribution in [0.3, 0.4) is 0 Å². The van der Waals surface area contributed by atoms with Gasteiger partial charge in [-0.25, -0.2) is 9.97 Å². The Kier molecular flexibility index (Phi) is 3.74. The van der Waals surface area contributed by atoms with Gasteiger partial charge in [-0.05, 0) is 19.9 Å². The fraction of sp³-hybridized carbons (Fsp3) is 0.333. The number of rotatable bonds is 4. The van der Waals surface area contributed by atoms with E-state index in [0.717, 1.165) is 5.69 Å². The molecule has 0 aliphatic rings. The Morgan fingerprint density at radius 3 is 2.63 bits per heavy atom. The first kappa shape index (κ1) is 13.0. The molecule has 0 bridgehead atoms. The number of ether oxygens (including phenoxy) is 1. The van der Waals surface area contributed by atoms with E-state index in [1.807, 2.05) is 6.92 Å². The molecular weight excluding hydrogens is 246 g/mol. The van der Waals surface area contributed by atoms with Crippen molar-refractivity contribution < 1.29 is 9.53 Å². The summed E-state index contributed by atoms with van der Waals surface area (Å²) in [6.45, 7) is 3.68. The summed E-state index contributed by atoms with van der Waals surface area (Å²) >= 11 is 0. The molecular formula is C12H15N5O2. The number of nitrogens with two attached hydrogens (primary N) is 1. The lowest BCUT2D eigenvalue weighted by Crippen LogP contribution is -2.16. The Balaban J connectivity index is 1.93. The van der Waals surface area contributed by atoms with Crippen molar-refractivity contribution in [1.82, 2.24) is 19.7 Å². The van der Waals surface area contributed by atoms with Crippen molar-refractivity contribution in [2.45, 2.75) is 27.0 Å². The molecule has 7 heteroatoms. The fourth-order valence-corrected chi connectivity index (χ4v) is 1.58. The minimum absolute atomic E-state index is 0.0245. The summed E-state index contributed by atoms with van der Waals surface area (Å²) in [7, 11) is 0. The van der Waals surface area contributed by atoms with Gasteiger partial charge < -0.3 is 10.5 Å². The number of aryl methyl sites for hydroxylation is 1. The van der Waals surface area contributed by atoms with Crippen LogP contribution >= 0.6 is 0 Å². The van der Waals surface area contributed by atoms with Crippen LogP contribution < -0.4 is 5.73 Å². The number of aromatic nitrogens is 4. The monoisotopic (exact) mass is 261 g/mol. The molecule has 0 spiro atoms. The first-order chi connectivity index (χ1) is 9.08. The minimum atomic E-state index is -0.405. The van der Waals surface area contributed by atoms with Crippen molar-refractivity contribution in [3.63, 3.8) is 0 Å². The Labute approximate surface area is 110 Å². The van der Waals surface area contributed by atoms with E-state index in [-0.39, 0.29) is 13.2 Å². The highest BCUT2D eigenvalue weighted by Crippen LogP contribution is 2.14. The van der Waals surface area contributed by atoms with Gasteiger partial charge in [0.15, 0.2) is 12.4 Å². The second-order valence-corrected chi connectivity index (χ2v) is 4.07. The molecule has 0 aliphatic carbocycles. The lowest BCUT2D eigenvalue weighted by molar-refractivity contribution is -0.146. The largest absolute Gasteiger partial charge is 0.456 e. The molecule has 19 heavy (non-hydrogen) atoms. The second-order valence-electron chi connectivity index (χ2n) is 4.07. The molecule has 0 unspecified atom stereocenters. The maximum atomic E-state index is 11.7. The molecule has 0 saturated heterocycles. The molecule has 0 radical (unpaired) electrons. The number of nitrogens with zero attached hydrogens (tertiary/aromatic N) is 4. The zero-order valence-electron chi connectivity index (χ0n) is 10.8. The van der Waals surface area contributed by atoms with Crippen LogP contribution in [0.25, 0.3) is 0 Å². The number of carbonyl (C=O) groups is 1. The number of carbonyl (C=O) groups excluding carboxylic acids is 1. The Morgan fingerprint density at radius 2 is 2.05 bits per heavy atom. The highest BCUT2D eigenvalue weighted by molar-refractivity contribution is 5.69. The molecule has 7 nitrogen and oxygen atoms in total. The maximum Gasteiger partial charge on any atom is 0.328 e. The van der Waals surface area contributed by atoms with E-state index in [2.05, 4.69) is 15.1 Å². The average molecular weight is 261 g/mol. The van der Waals surface area contributed by atoms with E-state index < -0.39 is 5.97 Å². The van der Waals surface area contributed by atoms with Crippen molar-refractivity contribution in [3.05, 3.63) is 35.7 Å². The summed E-state index contributed by atoms with van der Waals surface area (Å²) in [6.07, 6.45) is 3.19. The number of nitrogen functional groups attached to an aromatic ring is 1. The average Bonchev–Trinajstić information content (AvgIpc) is 2.65. The number of anilines is 1. The second kappa shape index (κ2) is 5.47. The third-order valence-corrected chi connectivity index (χ3v) is 2.70. The molecule has 2 aromatic rings. The van der Waals surface area contributed by atoms with Crippen LogP contribution in [0.4, 0.5) is 5.69 Å². The topological polar surface area (TPSA) is 95.9 Å². The van der Waals surface area contributed by atoms with E-state index in [1.165, 1.54) is 4.68 Å². The van der Waals surface area contributed by atoms with Crippen LogP contribution in [0.1, 0.15) is 17.2 Å². The van der Waals surface area contributed by atoms with Gasteiger partial charge in [0.05, 0.1) is 17.1 Å². The molecule has 2 N–H and O–H groups in total. The zero-order valence-corrected chi connectivity index (χ0v) is 10.8. The quantitative estimate of drug-likeness (QED) is 0.810. The van der Waals surface area contributed by atoms with E-state index in [4.69, 9.17) is 10.5 Å². The fourth-order valence-electron chi connectivity index (χ4n) is 1.58. The van der Waals surface area contributed by atoms with Gasteiger partial charge in [-0.2, -0.15) is 5.10 Å². The van der Waals surface area contributed by atoms with Crippen molar-refractivity contribution in [2.24, 2.45) is 0 Å². The normalized spacial score (nSPS) is 10.4. The van der Waals surface area contributed by atoms with Crippen LogP contribution in [-0.2, 0) is 22.7 Å².